The number of aromatic amines is 1. The summed E-state index contributed by atoms with van der Waals surface area (Å²) in [7, 11) is 0. The number of hydrogen-bond donors (Lipinski definition) is 3. The number of benzene rings is 2. The van der Waals surface area contributed by atoms with Gasteiger partial charge in [0.25, 0.3) is 0 Å². The molecule has 0 aliphatic carbocycles. The number of ether oxygens (including phenoxy) is 1. The molecule has 1 unspecified atom stereocenters. The number of rotatable bonds is 4. The van der Waals surface area contributed by atoms with Gasteiger partial charge in [-0.05, 0) is 49.4 Å². The second-order valence-corrected chi connectivity index (χ2v) is 5.38. The Morgan fingerprint density at radius 3 is 2.83 bits per heavy atom. The van der Waals surface area contributed by atoms with Crippen molar-refractivity contribution in [2.24, 2.45) is 0 Å². The van der Waals surface area contributed by atoms with Crippen LogP contribution in [0.15, 0.2) is 48.8 Å². The molecule has 0 aliphatic heterocycles. The number of fused-ring (bicyclic) bond motifs is 1. The van der Waals surface area contributed by atoms with Crippen molar-refractivity contribution in [3.05, 3.63) is 53.8 Å². The van der Waals surface area contributed by atoms with E-state index in [-0.39, 0.29) is 6.03 Å². The van der Waals surface area contributed by atoms with E-state index in [1.165, 1.54) is 0 Å². The maximum absolute atomic E-state index is 12.0. The number of carbonyl (C=O) groups is 1. The first-order valence-corrected chi connectivity index (χ1v) is 7.41. The highest BCUT2D eigenvalue weighted by molar-refractivity contribution is 6.30. The van der Waals surface area contributed by atoms with Crippen LogP contribution in [-0.4, -0.2) is 22.2 Å². The van der Waals surface area contributed by atoms with Crippen LogP contribution in [0.3, 0.4) is 0 Å². The van der Waals surface area contributed by atoms with Gasteiger partial charge in [-0.25, -0.2) is 9.78 Å². The molecule has 1 aromatic heterocycles. The monoisotopic (exact) mass is 330 g/mol. The van der Waals surface area contributed by atoms with Crippen LogP contribution < -0.4 is 15.4 Å². The highest BCUT2D eigenvalue weighted by Gasteiger charge is 2.09. The summed E-state index contributed by atoms with van der Waals surface area (Å²) in [5.41, 5.74) is 2.36. The first-order valence-electron chi connectivity index (χ1n) is 7.03. The molecule has 0 aliphatic rings. The number of nitrogens with zero attached hydrogens (tertiary/aromatic N) is 1. The van der Waals surface area contributed by atoms with Crippen molar-refractivity contribution in [2.45, 2.75) is 13.2 Å². The minimum Gasteiger partial charge on any atom is -0.471 e. The average molecular weight is 331 g/mol. The fourth-order valence-corrected chi connectivity index (χ4v) is 2.24. The van der Waals surface area contributed by atoms with E-state index in [0.717, 1.165) is 11.0 Å². The molecule has 118 valence electrons. The predicted molar refractivity (Wildman–Crippen MR) is 89.8 cm³/mol. The molecule has 6 nitrogen and oxygen atoms in total. The van der Waals surface area contributed by atoms with Crippen LogP contribution in [0.1, 0.15) is 6.92 Å². The van der Waals surface area contributed by atoms with Gasteiger partial charge in [0, 0.05) is 10.7 Å². The van der Waals surface area contributed by atoms with Crippen LogP contribution in [0.5, 0.6) is 5.75 Å². The Hall–Kier alpha value is -2.73. The summed E-state index contributed by atoms with van der Waals surface area (Å²) in [6, 6.07) is 12.0. The number of hydrogen-bond acceptors (Lipinski definition) is 3. The summed E-state index contributed by atoms with van der Waals surface area (Å²) in [5, 5.41) is 6.08. The molecule has 23 heavy (non-hydrogen) atoms. The first-order chi connectivity index (χ1) is 11.1. The van der Waals surface area contributed by atoms with Gasteiger partial charge in [-0.2, -0.15) is 0 Å². The summed E-state index contributed by atoms with van der Waals surface area (Å²) in [6.07, 6.45) is 1.11. The van der Waals surface area contributed by atoms with Crippen LogP contribution in [0.4, 0.5) is 10.5 Å². The van der Waals surface area contributed by atoms with E-state index < -0.39 is 6.23 Å². The number of imidazole rings is 1. The summed E-state index contributed by atoms with van der Waals surface area (Å²) in [6.45, 7) is 1.74. The molecule has 1 heterocycles. The zero-order valence-corrected chi connectivity index (χ0v) is 13.1. The Kier molecular flexibility index (Phi) is 4.34. The molecule has 0 saturated heterocycles. The predicted octanol–water partition coefficient (Wildman–Crippen LogP) is 3.76. The topological polar surface area (TPSA) is 79.0 Å². The highest BCUT2D eigenvalue weighted by atomic mass is 35.5. The molecule has 3 rings (SSSR count). The van der Waals surface area contributed by atoms with Crippen molar-refractivity contribution in [2.75, 3.05) is 5.32 Å². The van der Waals surface area contributed by atoms with Gasteiger partial charge in [-0.15, -0.1) is 0 Å². The fraction of sp³-hybridized carbons (Fsp3) is 0.125. The van der Waals surface area contributed by atoms with Gasteiger partial charge >= 0.3 is 6.03 Å². The van der Waals surface area contributed by atoms with E-state index in [9.17, 15) is 4.79 Å². The molecule has 7 heteroatoms. The molecule has 0 spiro atoms. The highest BCUT2D eigenvalue weighted by Crippen LogP contribution is 2.17. The third-order valence-corrected chi connectivity index (χ3v) is 3.39. The van der Waals surface area contributed by atoms with E-state index in [2.05, 4.69) is 20.6 Å². The molecule has 0 fully saturated rings. The van der Waals surface area contributed by atoms with E-state index >= 15 is 0 Å². The number of anilines is 1. The van der Waals surface area contributed by atoms with E-state index in [4.69, 9.17) is 16.3 Å². The summed E-state index contributed by atoms with van der Waals surface area (Å²) in [5.74, 6) is 0.626. The molecule has 0 radical (unpaired) electrons. The van der Waals surface area contributed by atoms with Gasteiger partial charge in [0.2, 0.25) is 0 Å². The van der Waals surface area contributed by atoms with Crippen LogP contribution in [0.2, 0.25) is 5.02 Å². The van der Waals surface area contributed by atoms with Crippen LogP contribution in [0.25, 0.3) is 11.0 Å². The summed E-state index contributed by atoms with van der Waals surface area (Å²) < 4.78 is 5.59. The Bertz CT molecular complexity index is 816. The van der Waals surface area contributed by atoms with Crippen molar-refractivity contribution in [1.82, 2.24) is 15.3 Å². The number of urea groups is 1. The minimum atomic E-state index is -0.493. The first kappa shape index (κ1) is 15.2. The maximum atomic E-state index is 12.0. The van der Waals surface area contributed by atoms with Crippen molar-refractivity contribution in [3.8, 4) is 5.75 Å². The normalized spacial score (nSPS) is 11.9. The van der Waals surface area contributed by atoms with Gasteiger partial charge in [0.15, 0.2) is 6.23 Å². The van der Waals surface area contributed by atoms with Crippen molar-refractivity contribution in [3.63, 3.8) is 0 Å². The van der Waals surface area contributed by atoms with Gasteiger partial charge < -0.3 is 20.4 Å². The van der Waals surface area contributed by atoms with Crippen molar-refractivity contribution in [1.29, 1.82) is 0 Å². The van der Waals surface area contributed by atoms with Crippen LogP contribution >= 0.6 is 11.6 Å². The molecular weight excluding hydrogens is 316 g/mol. The molecule has 0 saturated carbocycles. The SMILES string of the molecule is CC(NC(=O)Nc1ccc2nc[nH]c2c1)Oc1ccc(Cl)cc1. The van der Waals surface area contributed by atoms with Gasteiger partial charge in [0.05, 0.1) is 17.4 Å². The van der Waals surface area contributed by atoms with E-state index in [1.54, 1.807) is 43.6 Å². The number of carbonyl (C=O) groups excluding carboxylic acids is 1. The van der Waals surface area contributed by atoms with E-state index in [0.29, 0.717) is 16.5 Å². The summed E-state index contributed by atoms with van der Waals surface area (Å²) >= 11 is 5.81. The summed E-state index contributed by atoms with van der Waals surface area (Å²) in [4.78, 5) is 19.1. The van der Waals surface area contributed by atoms with E-state index in [1.807, 2.05) is 12.1 Å². The number of H-pyrrole nitrogens is 1. The molecule has 3 aromatic rings. The molecule has 1 atom stereocenters. The maximum Gasteiger partial charge on any atom is 0.322 e. The lowest BCUT2D eigenvalue weighted by Gasteiger charge is -2.16. The third-order valence-electron chi connectivity index (χ3n) is 3.14. The van der Waals surface area contributed by atoms with Crippen LogP contribution in [0, 0.1) is 0 Å². The number of nitrogens with one attached hydrogen (secondary N) is 3. The van der Waals surface area contributed by atoms with Gasteiger partial charge in [-0.3, -0.25) is 0 Å². The second-order valence-electron chi connectivity index (χ2n) is 4.95. The fourth-order valence-electron chi connectivity index (χ4n) is 2.11. The van der Waals surface area contributed by atoms with Gasteiger partial charge in [0.1, 0.15) is 5.75 Å². The largest absolute Gasteiger partial charge is 0.471 e. The van der Waals surface area contributed by atoms with Crippen molar-refractivity contribution < 1.29 is 9.53 Å². The van der Waals surface area contributed by atoms with Crippen molar-refractivity contribution >= 4 is 34.4 Å². The van der Waals surface area contributed by atoms with Crippen LogP contribution in [-0.2, 0) is 0 Å². The third kappa shape index (κ3) is 3.92. The lowest BCUT2D eigenvalue weighted by atomic mass is 10.3. The van der Waals surface area contributed by atoms with Gasteiger partial charge in [-0.1, -0.05) is 11.6 Å². The Balaban J connectivity index is 1.56. The molecule has 3 N–H and O–H groups in total. The quantitative estimate of drug-likeness (QED) is 0.637. The zero-order chi connectivity index (χ0) is 16.2. The zero-order valence-electron chi connectivity index (χ0n) is 12.3. The number of amides is 2. The molecule has 2 amide bonds. The second kappa shape index (κ2) is 6.58. The average Bonchev–Trinajstić information content (AvgIpc) is 2.97. The number of halogens is 1. The standard InChI is InChI=1S/C16H15ClN4O2/c1-10(23-13-5-2-11(17)3-6-13)20-16(22)21-12-4-7-14-15(8-12)19-9-18-14/h2-10H,1H3,(H,18,19)(H2,20,21,22). The molecule has 2 aromatic carbocycles. The lowest BCUT2D eigenvalue weighted by molar-refractivity contribution is 0.183. The minimum absolute atomic E-state index is 0.356. The Labute approximate surface area is 137 Å². The Morgan fingerprint density at radius 1 is 1.26 bits per heavy atom. The molecule has 0 bridgehead atoms. The molecular formula is C16H15ClN4O2. The Morgan fingerprint density at radius 2 is 2.04 bits per heavy atom. The lowest BCUT2D eigenvalue weighted by Crippen LogP contribution is -2.39. The smallest absolute Gasteiger partial charge is 0.322 e. The number of aromatic nitrogens is 2.